The Morgan fingerprint density at radius 3 is 2.96 bits per heavy atom. The van der Waals surface area contributed by atoms with E-state index in [4.69, 9.17) is 0 Å². The summed E-state index contributed by atoms with van der Waals surface area (Å²) in [5.74, 6) is 0.429. The molecule has 0 radical (unpaired) electrons. The van der Waals surface area contributed by atoms with E-state index >= 15 is 0 Å². The van der Waals surface area contributed by atoms with Crippen molar-refractivity contribution in [2.75, 3.05) is 5.32 Å². The Labute approximate surface area is 140 Å². The Morgan fingerprint density at radius 2 is 2.22 bits per heavy atom. The van der Waals surface area contributed by atoms with Crippen LogP contribution in [0, 0.1) is 5.92 Å². The minimum atomic E-state index is -0.287. The number of aryl methyl sites for hydroxylation is 1. The average molecular weight is 330 g/mol. The van der Waals surface area contributed by atoms with Crippen molar-refractivity contribution >= 4 is 22.4 Å². The second-order valence-electron chi connectivity index (χ2n) is 6.17. The van der Waals surface area contributed by atoms with Gasteiger partial charge in [0.1, 0.15) is 6.33 Å². The first-order valence-corrected chi connectivity index (χ1v) is 9.03. The summed E-state index contributed by atoms with van der Waals surface area (Å²) in [6, 6.07) is 0. The zero-order chi connectivity index (χ0) is 16.2. The van der Waals surface area contributed by atoms with E-state index in [1.54, 1.807) is 23.7 Å². The molecule has 2 heterocycles. The van der Waals surface area contributed by atoms with E-state index in [9.17, 15) is 4.79 Å². The summed E-state index contributed by atoms with van der Waals surface area (Å²) in [4.78, 5) is 26.3. The number of aromatic nitrogens is 3. The molecule has 1 aliphatic carbocycles. The van der Waals surface area contributed by atoms with E-state index in [1.165, 1.54) is 36.2 Å². The van der Waals surface area contributed by atoms with E-state index in [-0.39, 0.29) is 11.8 Å². The molecular weight excluding hydrogens is 308 g/mol. The fourth-order valence-electron chi connectivity index (χ4n) is 3.05. The zero-order valence-electron chi connectivity index (χ0n) is 13.6. The number of rotatable bonds is 5. The number of carbonyl (C=O) groups excluding carboxylic acids is 1. The molecule has 122 valence electrons. The molecule has 3 rings (SSSR count). The van der Waals surface area contributed by atoms with E-state index < -0.39 is 0 Å². The highest BCUT2D eigenvalue weighted by atomic mass is 32.1. The number of amides is 1. The molecule has 0 bridgehead atoms. The van der Waals surface area contributed by atoms with Gasteiger partial charge in [0.25, 0.3) is 0 Å². The molecule has 0 fully saturated rings. The largest absolute Gasteiger partial charge is 0.301 e. The fraction of sp³-hybridized carbons (Fsp3) is 0.529. The second-order valence-corrected chi connectivity index (χ2v) is 7.25. The quantitative estimate of drug-likeness (QED) is 0.910. The fourth-order valence-corrected chi connectivity index (χ4v) is 4.18. The van der Waals surface area contributed by atoms with Crippen LogP contribution in [-0.2, 0) is 17.6 Å². The van der Waals surface area contributed by atoms with E-state index in [2.05, 4.69) is 27.2 Å². The maximum atomic E-state index is 12.4. The Morgan fingerprint density at radius 1 is 1.43 bits per heavy atom. The third-order valence-corrected chi connectivity index (χ3v) is 5.48. The smallest absolute Gasteiger partial charge is 0.233 e. The molecule has 2 atom stereocenters. The van der Waals surface area contributed by atoms with Crippen LogP contribution in [0.4, 0.5) is 5.13 Å². The van der Waals surface area contributed by atoms with Gasteiger partial charge >= 0.3 is 0 Å². The Kier molecular flexibility index (Phi) is 5.00. The standard InChI is InChI=1S/C17H22N4OS/c1-3-4-12-5-6-14-15(7-12)23-17(20-14)21-16(22)11(2)13-8-18-10-19-9-13/h8-12H,3-7H2,1-2H3,(H,20,21,22). The summed E-state index contributed by atoms with van der Waals surface area (Å²) in [7, 11) is 0. The number of nitrogens with zero attached hydrogens (tertiary/aromatic N) is 3. The summed E-state index contributed by atoms with van der Waals surface area (Å²) < 4.78 is 0. The highest BCUT2D eigenvalue weighted by Gasteiger charge is 2.23. The lowest BCUT2D eigenvalue weighted by atomic mass is 9.88. The number of fused-ring (bicyclic) bond motifs is 1. The van der Waals surface area contributed by atoms with Crippen molar-refractivity contribution in [3.8, 4) is 0 Å². The van der Waals surface area contributed by atoms with Crippen molar-refractivity contribution in [2.45, 2.75) is 51.9 Å². The number of nitrogens with one attached hydrogen (secondary N) is 1. The van der Waals surface area contributed by atoms with Crippen molar-refractivity contribution in [3.05, 3.63) is 34.9 Å². The van der Waals surface area contributed by atoms with E-state index in [0.29, 0.717) is 0 Å². The molecule has 2 unspecified atom stereocenters. The van der Waals surface area contributed by atoms with Gasteiger partial charge in [-0.2, -0.15) is 0 Å². The SMILES string of the molecule is CCCC1CCc2nc(NC(=O)C(C)c3cncnc3)sc2C1. The first kappa shape index (κ1) is 16.1. The number of carbonyl (C=O) groups is 1. The van der Waals surface area contributed by atoms with E-state index in [1.807, 2.05) is 6.92 Å². The molecule has 1 amide bonds. The number of hydrogen-bond donors (Lipinski definition) is 1. The molecule has 1 N–H and O–H groups in total. The third-order valence-electron chi connectivity index (χ3n) is 4.44. The number of anilines is 1. The number of thiazole rings is 1. The van der Waals surface area contributed by atoms with Gasteiger partial charge < -0.3 is 5.32 Å². The van der Waals surface area contributed by atoms with Crippen LogP contribution in [0.5, 0.6) is 0 Å². The molecule has 1 aliphatic rings. The minimum absolute atomic E-state index is 0.0593. The molecule has 23 heavy (non-hydrogen) atoms. The van der Waals surface area contributed by atoms with Crippen LogP contribution in [0.2, 0.25) is 0 Å². The Balaban J connectivity index is 1.66. The predicted molar refractivity (Wildman–Crippen MR) is 91.6 cm³/mol. The van der Waals surface area contributed by atoms with Gasteiger partial charge in [-0.15, -0.1) is 11.3 Å². The lowest BCUT2D eigenvalue weighted by Crippen LogP contribution is -2.19. The summed E-state index contributed by atoms with van der Waals surface area (Å²) >= 11 is 1.63. The first-order chi connectivity index (χ1) is 11.2. The van der Waals surface area contributed by atoms with Crippen LogP contribution in [0.15, 0.2) is 18.7 Å². The predicted octanol–water partition coefficient (Wildman–Crippen LogP) is 3.58. The van der Waals surface area contributed by atoms with Crippen LogP contribution in [0.25, 0.3) is 0 Å². The van der Waals surface area contributed by atoms with Crippen LogP contribution in [0.3, 0.4) is 0 Å². The molecule has 0 spiro atoms. The van der Waals surface area contributed by atoms with Gasteiger partial charge in [0.15, 0.2) is 5.13 Å². The summed E-state index contributed by atoms with van der Waals surface area (Å²) in [6.07, 6.45) is 10.7. The highest BCUT2D eigenvalue weighted by Crippen LogP contribution is 2.34. The van der Waals surface area contributed by atoms with Gasteiger partial charge in [-0.05, 0) is 32.1 Å². The number of hydrogen-bond acceptors (Lipinski definition) is 5. The first-order valence-electron chi connectivity index (χ1n) is 8.21. The van der Waals surface area contributed by atoms with Gasteiger partial charge in [0.2, 0.25) is 5.91 Å². The van der Waals surface area contributed by atoms with E-state index in [0.717, 1.165) is 29.5 Å². The molecule has 0 saturated carbocycles. The van der Waals surface area contributed by atoms with Crippen molar-refractivity contribution in [1.29, 1.82) is 0 Å². The second kappa shape index (κ2) is 7.17. The van der Waals surface area contributed by atoms with Crippen LogP contribution < -0.4 is 5.32 Å². The maximum absolute atomic E-state index is 12.4. The summed E-state index contributed by atoms with van der Waals surface area (Å²) in [5, 5.41) is 3.68. The van der Waals surface area contributed by atoms with Crippen LogP contribution in [-0.4, -0.2) is 20.9 Å². The zero-order valence-corrected chi connectivity index (χ0v) is 14.4. The Hall–Kier alpha value is -1.82. The van der Waals surface area contributed by atoms with Gasteiger partial charge in [0.05, 0.1) is 11.6 Å². The third kappa shape index (κ3) is 3.75. The molecule has 0 aliphatic heterocycles. The average Bonchev–Trinajstić information content (AvgIpc) is 2.96. The molecule has 0 saturated heterocycles. The normalized spacial score (nSPS) is 18.3. The van der Waals surface area contributed by atoms with Crippen LogP contribution in [0.1, 0.15) is 55.2 Å². The van der Waals surface area contributed by atoms with Gasteiger partial charge in [-0.3, -0.25) is 4.79 Å². The topological polar surface area (TPSA) is 67.8 Å². The summed E-state index contributed by atoms with van der Waals surface area (Å²) in [5.41, 5.74) is 1.99. The van der Waals surface area contributed by atoms with Gasteiger partial charge in [0, 0.05) is 22.8 Å². The molecule has 0 aromatic carbocycles. The summed E-state index contributed by atoms with van der Waals surface area (Å²) in [6.45, 7) is 4.10. The van der Waals surface area contributed by atoms with Crippen molar-refractivity contribution in [1.82, 2.24) is 15.0 Å². The molecule has 6 heteroatoms. The van der Waals surface area contributed by atoms with Crippen molar-refractivity contribution in [3.63, 3.8) is 0 Å². The van der Waals surface area contributed by atoms with Crippen molar-refractivity contribution in [2.24, 2.45) is 5.92 Å². The van der Waals surface area contributed by atoms with Crippen molar-refractivity contribution < 1.29 is 4.79 Å². The van der Waals surface area contributed by atoms with Crippen LogP contribution >= 0.6 is 11.3 Å². The lowest BCUT2D eigenvalue weighted by Gasteiger charge is -2.19. The highest BCUT2D eigenvalue weighted by molar-refractivity contribution is 7.15. The lowest BCUT2D eigenvalue weighted by molar-refractivity contribution is -0.117. The molecular formula is C17H22N4OS. The van der Waals surface area contributed by atoms with Gasteiger partial charge in [-0.25, -0.2) is 15.0 Å². The van der Waals surface area contributed by atoms with Gasteiger partial charge in [-0.1, -0.05) is 19.8 Å². The minimum Gasteiger partial charge on any atom is -0.301 e. The Bertz CT molecular complexity index is 670. The molecule has 5 nitrogen and oxygen atoms in total. The maximum Gasteiger partial charge on any atom is 0.233 e. The monoisotopic (exact) mass is 330 g/mol. The molecule has 2 aromatic rings. The molecule has 2 aromatic heterocycles.